The first kappa shape index (κ1) is 22.7. The third kappa shape index (κ3) is 5.95. The van der Waals surface area contributed by atoms with Crippen LogP contribution in [0, 0.1) is 5.92 Å². The second-order valence-corrected chi connectivity index (χ2v) is 9.90. The smallest absolute Gasteiger partial charge is 0.417 e. The molecule has 2 fully saturated rings. The maximum absolute atomic E-state index is 13.2. The van der Waals surface area contributed by atoms with Crippen LogP contribution in [0.4, 0.5) is 4.79 Å². The number of amides is 1. The summed E-state index contributed by atoms with van der Waals surface area (Å²) in [6.45, 7) is 14.1. The van der Waals surface area contributed by atoms with Crippen LogP contribution in [0.2, 0.25) is 0 Å². The van der Waals surface area contributed by atoms with E-state index in [4.69, 9.17) is 9.73 Å². The van der Waals surface area contributed by atoms with Gasteiger partial charge < -0.3 is 9.64 Å². The van der Waals surface area contributed by atoms with Crippen LogP contribution in [0.15, 0.2) is 4.99 Å². The topological polar surface area (TPSA) is 62.2 Å². The molecule has 1 heterocycles. The van der Waals surface area contributed by atoms with Crippen LogP contribution < -0.4 is 0 Å². The van der Waals surface area contributed by atoms with E-state index in [-0.39, 0.29) is 17.9 Å². The van der Waals surface area contributed by atoms with Crippen LogP contribution in [-0.4, -0.2) is 57.9 Å². The average molecular weight is 394 g/mol. The third-order valence-corrected chi connectivity index (χ3v) is 5.26. The predicted molar refractivity (Wildman–Crippen MR) is 112 cm³/mol. The third-order valence-electron chi connectivity index (χ3n) is 5.26. The molecule has 28 heavy (non-hydrogen) atoms. The number of hydrogen-bond donors (Lipinski definition) is 0. The SMILES string of the molecule is CC(C)CC1C(=O)CN(C(C)C)C(=NC2CCCCC2)N1C(=O)OC(C)(C)C. The van der Waals surface area contributed by atoms with Gasteiger partial charge in [0.1, 0.15) is 11.6 Å². The summed E-state index contributed by atoms with van der Waals surface area (Å²) in [6, 6.07) is -0.216. The van der Waals surface area contributed by atoms with E-state index in [9.17, 15) is 9.59 Å². The van der Waals surface area contributed by atoms with E-state index < -0.39 is 17.7 Å². The van der Waals surface area contributed by atoms with Crippen molar-refractivity contribution in [1.82, 2.24) is 9.80 Å². The highest BCUT2D eigenvalue weighted by Crippen LogP contribution is 2.27. The number of carbonyl (C=O) groups excluding carboxylic acids is 2. The van der Waals surface area contributed by atoms with Gasteiger partial charge in [-0.05, 0) is 59.8 Å². The number of nitrogens with zero attached hydrogens (tertiary/aromatic N) is 3. The van der Waals surface area contributed by atoms with Crippen LogP contribution in [0.5, 0.6) is 0 Å². The zero-order valence-corrected chi connectivity index (χ0v) is 18.8. The Hall–Kier alpha value is -1.59. The summed E-state index contributed by atoms with van der Waals surface area (Å²) in [7, 11) is 0. The lowest BCUT2D eigenvalue weighted by Crippen LogP contribution is -2.64. The van der Waals surface area contributed by atoms with Crippen molar-refractivity contribution in [3.63, 3.8) is 0 Å². The Morgan fingerprint density at radius 3 is 2.25 bits per heavy atom. The molecule has 0 aromatic carbocycles. The van der Waals surface area contributed by atoms with Crippen LogP contribution in [-0.2, 0) is 9.53 Å². The van der Waals surface area contributed by atoms with Crippen molar-refractivity contribution < 1.29 is 14.3 Å². The summed E-state index contributed by atoms with van der Waals surface area (Å²) < 4.78 is 5.71. The normalized spacial score (nSPS) is 23.8. The quantitative estimate of drug-likeness (QED) is 0.699. The number of ketones is 1. The summed E-state index contributed by atoms with van der Waals surface area (Å²) in [4.78, 5) is 34.8. The van der Waals surface area contributed by atoms with Crippen molar-refractivity contribution >= 4 is 17.8 Å². The van der Waals surface area contributed by atoms with Gasteiger partial charge in [-0.1, -0.05) is 33.1 Å². The van der Waals surface area contributed by atoms with Crippen molar-refractivity contribution in [2.75, 3.05) is 6.54 Å². The Labute approximate surface area is 170 Å². The van der Waals surface area contributed by atoms with Crippen LogP contribution >= 0.6 is 0 Å². The Kier molecular flexibility index (Phi) is 7.52. The summed E-state index contributed by atoms with van der Waals surface area (Å²) in [5.41, 5.74) is -0.626. The van der Waals surface area contributed by atoms with E-state index in [1.807, 2.05) is 39.5 Å². The Morgan fingerprint density at radius 2 is 1.75 bits per heavy atom. The molecule has 1 saturated heterocycles. The van der Waals surface area contributed by atoms with E-state index in [1.165, 1.54) is 19.3 Å². The highest BCUT2D eigenvalue weighted by molar-refractivity contribution is 6.05. The van der Waals surface area contributed by atoms with Gasteiger partial charge in [-0.3, -0.25) is 4.79 Å². The molecule has 1 aliphatic carbocycles. The molecule has 1 amide bonds. The Bertz CT molecular complexity index is 586. The monoisotopic (exact) mass is 393 g/mol. The van der Waals surface area contributed by atoms with E-state index in [2.05, 4.69) is 13.8 Å². The second-order valence-electron chi connectivity index (χ2n) is 9.90. The van der Waals surface area contributed by atoms with Gasteiger partial charge in [0.15, 0.2) is 5.78 Å². The number of rotatable bonds is 4. The summed E-state index contributed by atoms with van der Waals surface area (Å²) in [5, 5.41) is 0. The number of aliphatic imine (C=N–C) groups is 1. The molecule has 0 spiro atoms. The number of hydrogen-bond acceptors (Lipinski definition) is 4. The Balaban J connectivity index is 2.47. The largest absolute Gasteiger partial charge is 0.443 e. The van der Waals surface area contributed by atoms with E-state index in [0.717, 1.165) is 12.8 Å². The van der Waals surface area contributed by atoms with Gasteiger partial charge in [-0.2, -0.15) is 0 Å². The molecule has 1 aliphatic heterocycles. The molecule has 0 aromatic rings. The molecule has 2 aliphatic rings. The van der Waals surface area contributed by atoms with Gasteiger partial charge in [-0.15, -0.1) is 0 Å². The second kappa shape index (κ2) is 9.27. The summed E-state index contributed by atoms with van der Waals surface area (Å²) >= 11 is 0. The molecule has 1 saturated carbocycles. The van der Waals surface area contributed by atoms with Crippen LogP contribution in [0.3, 0.4) is 0 Å². The fourth-order valence-corrected chi connectivity index (χ4v) is 3.89. The van der Waals surface area contributed by atoms with Crippen molar-refractivity contribution in [3.8, 4) is 0 Å². The van der Waals surface area contributed by atoms with Crippen molar-refractivity contribution in [2.45, 2.75) is 111 Å². The van der Waals surface area contributed by atoms with Crippen LogP contribution in [0.25, 0.3) is 0 Å². The first-order chi connectivity index (χ1) is 13.0. The minimum absolute atomic E-state index is 0.0656. The average Bonchev–Trinajstić information content (AvgIpc) is 2.56. The zero-order chi connectivity index (χ0) is 21.1. The van der Waals surface area contributed by atoms with Gasteiger partial charge in [-0.25, -0.2) is 14.7 Å². The summed E-state index contributed by atoms with van der Waals surface area (Å²) in [5.74, 6) is 0.984. The van der Waals surface area contributed by atoms with E-state index in [1.54, 1.807) is 4.90 Å². The van der Waals surface area contributed by atoms with Crippen molar-refractivity contribution in [1.29, 1.82) is 0 Å². The van der Waals surface area contributed by atoms with Gasteiger partial charge in [0.05, 0.1) is 12.6 Å². The highest BCUT2D eigenvalue weighted by atomic mass is 16.6. The number of ether oxygens (including phenoxy) is 1. The lowest BCUT2D eigenvalue weighted by Gasteiger charge is -2.44. The Morgan fingerprint density at radius 1 is 1.14 bits per heavy atom. The lowest BCUT2D eigenvalue weighted by atomic mass is 9.95. The fourth-order valence-electron chi connectivity index (χ4n) is 3.89. The van der Waals surface area contributed by atoms with Gasteiger partial charge in [0.2, 0.25) is 5.96 Å². The van der Waals surface area contributed by atoms with Crippen molar-refractivity contribution in [2.24, 2.45) is 10.9 Å². The predicted octanol–water partition coefficient (Wildman–Crippen LogP) is 4.62. The number of Topliss-reactive ketones (excluding diaryl/α,β-unsaturated/α-hetero) is 1. The molecule has 6 nitrogen and oxygen atoms in total. The molecule has 2 rings (SSSR count). The van der Waals surface area contributed by atoms with Crippen molar-refractivity contribution in [3.05, 3.63) is 0 Å². The molecule has 6 heteroatoms. The molecular weight excluding hydrogens is 354 g/mol. The molecule has 1 atom stereocenters. The fraction of sp³-hybridized carbons (Fsp3) is 0.864. The van der Waals surface area contributed by atoms with Gasteiger partial charge >= 0.3 is 6.09 Å². The first-order valence-electron chi connectivity index (χ1n) is 10.9. The van der Waals surface area contributed by atoms with Gasteiger partial charge in [0.25, 0.3) is 0 Å². The molecule has 0 bridgehead atoms. The van der Waals surface area contributed by atoms with Gasteiger partial charge in [0, 0.05) is 6.04 Å². The maximum Gasteiger partial charge on any atom is 0.417 e. The number of carbonyl (C=O) groups is 2. The minimum atomic E-state index is -0.626. The zero-order valence-electron chi connectivity index (χ0n) is 18.8. The highest BCUT2D eigenvalue weighted by Gasteiger charge is 2.44. The minimum Gasteiger partial charge on any atom is -0.443 e. The molecular formula is C22H39N3O3. The first-order valence-corrected chi connectivity index (χ1v) is 10.9. The molecule has 0 aromatic heterocycles. The van der Waals surface area contributed by atoms with Crippen LogP contribution in [0.1, 0.15) is 87.0 Å². The standard InChI is InChI=1S/C22H39N3O3/c1-15(2)13-18-19(26)14-24(16(3)4)20(23-17-11-9-8-10-12-17)25(18)21(27)28-22(5,6)7/h15-18H,8-14H2,1-7H3. The molecule has 0 N–H and O–H groups in total. The lowest BCUT2D eigenvalue weighted by molar-refractivity contribution is -0.126. The summed E-state index contributed by atoms with van der Waals surface area (Å²) in [6.07, 6.45) is 5.83. The molecule has 0 radical (unpaired) electrons. The van der Waals surface area contributed by atoms with E-state index >= 15 is 0 Å². The number of guanidine groups is 1. The van der Waals surface area contributed by atoms with E-state index in [0.29, 0.717) is 24.8 Å². The molecule has 1 unspecified atom stereocenters. The molecule has 160 valence electrons. The maximum atomic E-state index is 13.2.